The summed E-state index contributed by atoms with van der Waals surface area (Å²) in [6, 6.07) is 16.4. The van der Waals surface area contributed by atoms with Crippen LogP contribution in [0.4, 0.5) is 4.79 Å². The molecule has 8 heteroatoms. The predicted molar refractivity (Wildman–Crippen MR) is 132 cm³/mol. The van der Waals surface area contributed by atoms with Crippen LogP contribution in [-0.4, -0.2) is 54.3 Å². The molecule has 180 valence electrons. The highest BCUT2D eigenvalue weighted by Gasteiger charge is 2.33. The van der Waals surface area contributed by atoms with Gasteiger partial charge in [-0.05, 0) is 41.0 Å². The lowest BCUT2D eigenvalue weighted by Crippen LogP contribution is -2.34. The number of rotatable bonds is 10. The van der Waals surface area contributed by atoms with E-state index in [0.29, 0.717) is 25.3 Å². The molecule has 0 aliphatic heterocycles. The van der Waals surface area contributed by atoms with Crippen LogP contribution in [0.1, 0.15) is 36.3 Å². The monoisotopic (exact) mass is 482 g/mol. The minimum Gasteiger partial charge on any atom is -0.481 e. The second-order valence-electron chi connectivity index (χ2n) is 8.74. The van der Waals surface area contributed by atoms with Crippen molar-refractivity contribution in [1.82, 2.24) is 10.6 Å². The topological polar surface area (TPSA) is 105 Å². The van der Waals surface area contributed by atoms with Gasteiger partial charge in [0, 0.05) is 24.8 Å². The van der Waals surface area contributed by atoms with E-state index < -0.39 is 12.1 Å². The number of ether oxygens (including phenoxy) is 1. The Morgan fingerprint density at radius 3 is 2.32 bits per heavy atom. The Balaban J connectivity index is 1.12. The molecule has 0 heterocycles. The average molecular weight is 483 g/mol. The van der Waals surface area contributed by atoms with Crippen molar-refractivity contribution < 1.29 is 24.2 Å². The van der Waals surface area contributed by atoms with Crippen molar-refractivity contribution in [1.29, 1.82) is 0 Å². The van der Waals surface area contributed by atoms with Crippen molar-refractivity contribution in [3.8, 4) is 11.1 Å². The lowest BCUT2D eigenvalue weighted by molar-refractivity contribution is -0.143. The number of carbonyl (C=O) groups is 3. The zero-order chi connectivity index (χ0) is 23.9. The summed E-state index contributed by atoms with van der Waals surface area (Å²) in [5, 5.41) is 14.8. The Kier molecular flexibility index (Phi) is 8.11. The Labute approximate surface area is 203 Å². The molecule has 2 aliphatic carbocycles. The number of carboxylic acids is 1. The van der Waals surface area contributed by atoms with E-state index in [9.17, 15) is 19.5 Å². The third-order valence-electron chi connectivity index (χ3n) is 6.63. The number of thioether (sulfide) groups is 1. The molecule has 0 bridgehead atoms. The number of carbonyl (C=O) groups excluding carboxylic acids is 2. The molecule has 0 saturated heterocycles. The maximum Gasteiger partial charge on any atom is 0.407 e. The van der Waals surface area contributed by atoms with Crippen LogP contribution in [0.2, 0.25) is 0 Å². The lowest BCUT2D eigenvalue weighted by Gasteiger charge is -2.16. The number of amides is 2. The first-order valence-corrected chi connectivity index (χ1v) is 12.9. The van der Waals surface area contributed by atoms with Gasteiger partial charge in [0.2, 0.25) is 5.91 Å². The minimum atomic E-state index is -0.773. The quantitative estimate of drug-likeness (QED) is 0.444. The van der Waals surface area contributed by atoms with Gasteiger partial charge < -0.3 is 20.5 Å². The van der Waals surface area contributed by atoms with Gasteiger partial charge in [-0.15, -0.1) is 0 Å². The molecule has 0 spiro atoms. The van der Waals surface area contributed by atoms with Gasteiger partial charge in [-0.2, -0.15) is 11.8 Å². The lowest BCUT2D eigenvalue weighted by atomic mass is 9.96. The van der Waals surface area contributed by atoms with E-state index in [1.165, 1.54) is 34.0 Å². The third-order valence-corrected chi connectivity index (χ3v) is 7.59. The van der Waals surface area contributed by atoms with Gasteiger partial charge in [0.1, 0.15) is 6.61 Å². The van der Waals surface area contributed by atoms with Crippen molar-refractivity contribution in [2.45, 2.75) is 25.2 Å². The van der Waals surface area contributed by atoms with Gasteiger partial charge in [0.25, 0.3) is 0 Å². The summed E-state index contributed by atoms with van der Waals surface area (Å²) in [5.74, 6) is -0.337. The number of hydrogen-bond acceptors (Lipinski definition) is 5. The second-order valence-corrected chi connectivity index (χ2v) is 9.85. The SMILES string of the molecule is O=C(CSCCNC(=O)OCC1c2ccccc2-c2ccccc21)NC[C@H]1CCC[C@H]1C(=O)O. The van der Waals surface area contributed by atoms with Gasteiger partial charge in [0.05, 0.1) is 11.7 Å². The number of nitrogens with one attached hydrogen (secondary N) is 2. The molecule has 0 unspecified atom stereocenters. The van der Waals surface area contributed by atoms with Crippen LogP contribution in [-0.2, 0) is 14.3 Å². The molecule has 1 saturated carbocycles. The van der Waals surface area contributed by atoms with Crippen molar-refractivity contribution in [2.75, 3.05) is 31.2 Å². The Hall–Kier alpha value is -3.00. The summed E-state index contributed by atoms with van der Waals surface area (Å²) >= 11 is 1.42. The number of hydrogen-bond donors (Lipinski definition) is 3. The van der Waals surface area contributed by atoms with Crippen LogP contribution >= 0.6 is 11.8 Å². The zero-order valence-electron chi connectivity index (χ0n) is 19.0. The van der Waals surface area contributed by atoms with Crippen LogP contribution in [0.3, 0.4) is 0 Å². The maximum atomic E-state index is 12.2. The van der Waals surface area contributed by atoms with Crippen LogP contribution in [0.5, 0.6) is 0 Å². The van der Waals surface area contributed by atoms with Crippen molar-refractivity contribution >= 4 is 29.7 Å². The van der Waals surface area contributed by atoms with Gasteiger partial charge >= 0.3 is 12.1 Å². The molecule has 2 aliphatic rings. The molecule has 2 aromatic carbocycles. The highest BCUT2D eigenvalue weighted by molar-refractivity contribution is 7.99. The number of aliphatic carboxylic acids is 1. The molecule has 2 amide bonds. The third kappa shape index (κ3) is 5.73. The van der Waals surface area contributed by atoms with E-state index in [1.54, 1.807) is 0 Å². The normalized spacial score (nSPS) is 18.7. The zero-order valence-corrected chi connectivity index (χ0v) is 19.8. The van der Waals surface area contributed by atoms with E-state index in [4.69, 9.17) is 4.74 Å². The van der Waals surface area contributed by atoms with Crippen LogP contribution in [0.25, 0.3) is 11.1 Å². The summed E-state index contributed by atoms with van der Waals surface area (Å²) in [7, 11) is 0. The fourth-order valence-corrected chi connectivity index (χ4v) is 5.62. The molecule has 34 heavy (non-hydrogen) atoms. The molecule has 3 N–H and O–H groups in total. The largest absolute Gasteiger partial charge is 0.481 e. The fourth-order valence-electron chi connectivity index (χ4n) is 4.94. The number of carboxylic acid groups (broad SMARTS) is 1. The van der Waals surface area contributed by atoms with E-state index in [1.807, 2.05) is 24.3 Å². The molecule has 7 nitrogen and oxygen atoms in total. The summed E-state index contributed by atoms with van der Waals surface area (Å²) in [6.45, 7) is 1.08. The van der Waals surface area contributed by atoms with E-state index in [2.05, 4.69) is 34.9 Å². The first kappa shape index (κ1) is 24.1. The average Bonchev–Trinajstić information content (AvgIpc) is 3.44. The summed E-state index contributed by atoms with van der Waals surface area (Å²) in [6.07, 6.45) is 1.96. The summed E-state index contributed by atoms with van der Waals surface area (Å²) < 4.78 is 5.51. The smallest absolute Gasteiger partial charge is 0.407 e. The minimum absolute atomic E-state index is 0.0154. The van der Waals surface area contributed by atoms with Crippen LogP contribution < -0.4 is 10.6 Å². The van der Waals surface area contributed by atoms with E-state index in [-0.39, 0.29) is 36.0 Å². The molecular formula is C26H30N2O5S. The van der Waals surface area contributed by atoms with E-state index >= 15 is 0 Å². The Morgan fingerprint density at radius 1 is 0.971 bits per heavy atom. The number of alkyl carbamates (subject to hydrolysis) is 1. The fraction of sp³-hybridized carbons (Fsp3) is 0.423. The number of benzene rings is 2. The number of fused-ring (bicyclic) bond motifs is 3. The highest BCUT2D eigenvalue weighted by Crippen LogP contribution is 2.44. The summed E-state index contributed by atoms with van der Waals surface area (Å²) in [4.78, 5) is 35.4. The van der Waals surface area contributed by atoms with Gasteiger partial charge in [-0.25, -0.2) is 4.79 Å². The molecule has 0 aromatic heterocycles. The molecular weight excluding hydrogens is 452 g/mol. The first-order chi connectivity index (χ1) is 16.5. The van der Waals surface area contributed by atoms with Crippen molar-refractivity contribution in [3.05, 3.63) is 59.7 Å². The second kappa shape index (κ2) is 11.4. The highest BCUT2D eigenvalue weighted by atomic mass is 32.2. The molecule has 1 fully saturated rings. The van der Waals surface area contributed by atoms with E-state index in [0.717, 1.165) is 12.8 Å². The molecule has 4 rings (SSSR count). The molecule has 0 radical (unpaired) electrons. The van der Waals surface area contributed by atoms with Gasteiger partial charge in [0.15, 0.2) is 0 Å². The maximum absolute atomic E-state index is 12.2. The Bertz CT molecular complexity index is 998. The predicted octanol–water partition coefficient (Wildman–Crippen LogP) is 3.88. The van der Waals surface area contributed by atoms with Crippen LogP contribution in [0.15, 0.2) is 48.5 Å². The van der Waals surface area contributed by atoms with Crippen molar-refractivity contribution in [2.24, 2.45) is 11.8 Å². The van der Waals surface area contributed by atoms with Crippen molar-refractivity contribution in [3.63, 3.8) is 0 Å². The van der Waals surface area contributed by atoms with Gasteiger partial charge in [-0.1, -0.05) is 55.0 Å². The summed E-state index contributed by atoms with van der Waals surface area (Å²) in [5.41, 5.74) is 4.72. The molecule has 2 atom stereocenters. The first-order valence-electron chi connectivity index (χ1n) is 11.7. The van der Waals surface area contributed by atoms with Crippen LogP contribution in [0, 0.1) is 11.8 Å². The van der Waals surface area contributed by atoms with Gasteiger partial charge in [-0.3, -0.25) is 9.59 Å². The Morgan fingerprint density at radius 2 is 1.65 bits per heavy atom. The standard InChI is InChI=1S/C26H30N2O5S/c29-24(28-14-17-6-5-11-18(17)25(30)31)16-34-13-12-27-26(32)33-15-23-21-9-3-1-7-19(21)20-8-2-4-10-22(20)23/h1-4,7-10,17-18,23H,5-6,11-16H2,(H,27,32)(H,28,29)(H,30,31)/t17-,18-/m1/s1. The molecule has 2 aromatic rings.